The van der Waals surface area contributed by atoms with Gasteiger partial charge in [0.25, 0.3) is 0 Å². The molecule has 0 amide bonds. The molecule has 0 radical (unpaired) electrons. The van der Waals surface area contributed by atoms with Gasteiger partial charge < -0.3 is 10.1 Å². The van der Waals surface area contributed by atoms with E-state index in [0.29, 0.717) is 6.04 Å². The molecule has 1 aromatic heterocycles. The van der Waals surface area contributed by atoms with Crippen molar-refractivity contribution < 1.29 is 4.74 Å². The van der Waals surface area contributed by atoms with Gasteiger partial charge in [-0.3, -0.25) is 4.98 Å². The summed E-state index contributed by atoms with van der Waals surface area (Å²) in [5, 5.41) is 3.47. The Kier molecular flexibility index (Phi) is 5.76. The topological polar surface area (TPSA) is 34.1 Å². The van der Waals surface area contributed by atoms with Gasteiger partial charge in [0.15, 0.2) is 0 Å². The average Bonchev–Trinajstić information content (AvgIpc) is 2.53. The standard InChI is InChI=1S/C18H24N2O/c1-4-10-21-16-11-15(12-19-13-16)18-9-7-6-8-17(18)14(3)20-5-2/h6-9,11-14,20H,4-5,10H2,1-3H3. The highest BCUT2D eigenvalue weighted by molar-refractivity contribution is 5.68. The molecule has 0 aliphatic carbocycles. The van der Waals surface area contributed by atoms with Crippen LogP contribution in [0.15, 0.2) is 42.7 Å². The molecule has 2 rings (SSSR count). The summed E-state index contributed by atoms with van der Waals surface area (Å²) in [6, 6.07) is 10.8. The van der Waals surface area contributed by atoms with Crippen LogP contribution < -0.4 is 10.1 Å². The van der Waals surface area contributed by atoms with Crippen LogP contribution in [0, 0.1) is 0 Å². The number of rotatable bonds is 7. The number of pyridine rings is 1. The Morgan fingerprint density at radius 2 is 2.00 bits per heavy atom. The lowest BCUT2D eigenvalue weighted by atomic mass is 9.96. The van der Waals surface area contributed by atoms with Crippen molar-refractivity contribution in [3.8, 4) is 16.9 Å². The molecule has 0 spiro atoms. The van der Waals surface area contributed by atoms with E-state index in [1.807, 2.05) is 6.20 Å². The Bertz CT molecular complexity index is 569. The molecule has 3 nitrogen and oxygen atoms in total. The highest BCUT2D eigenvalue weighted by Gasteiger charge is 2.11. The van der Waals surface area contributed by atoms with E-state index in [4.69, 9.17) is 4.74 Å². The number of nitrogens with one attached hydrogen (secondary N) is 1. The summed E-state index contributed by atoms with van der Waals surface area (Å²) >= 11 is 0. The average molecular weight is 284 g/mol. The number of hydrogen-bond acceptors (Lipinski definition) is 3. The highest BCUT2D eigenvalue weighted by Crippen LogP contribution is 2.29. The minimum absolute atomic E-state index is 0.311. The molecule has 1 aromatic carbocycles. The molecule has 1 N–H and O–H groups in total. The van der Waals surface area contributed by atoms with E-state index in [9.17, 15) is 0 Å². The minimum Gasteiger partial charge on any atom is -0.492 e. The molecule has 0 bridgehead atoms. The smallest absolute Gasteiger partial charge is 0.138 e. The molecule has 1 atom stereocenters. The quantitative estimate of drug-likeness (QED) is 0.827. The molecule has 0 aliphatic heterocycles. The fourth-order valence-corrected chi connectivity index (χ4v) is 2.42. The van der Waals surface area contributed by atoms with Crippen LogP contribution in [0.3, 0.4) is 0 Å². The summed E-state index contributed by atoms with van der Waals surface area (Å²) in [5.74, 6) is 0.834. The molecule has 0 saturated heterocycles. The molecule has 0 aliphatic rings. The van der Waals surface area contributed by atoms with Crippen molar-refractivity contribution in [2.75, 3.05) is 13.2 Å². The predicted octanol–water partition coefficient (Wildman–Crippen LogP) is 4.21. The highest BCUT2D eigenvalue weighted by atomic mass is 16.5. The van der Waals surface area contributed by atoms with Crippen LogP contribution in [-0.4, -0.2) is 18.1 Å². The summed E-state index contributed by atoms with van der Waals surface area (Å²) in [5.41, 5.74) is 3.60. The fraction of sp³-hybridized carbons (Fsp3) is 0.389. The maximum Gasteiger partial charge on any atom is 0.138 e. The van der Waals surface area contributed by atoms with Crippen LogP contribution in [0.1, 0.15) is 38.8 Å². The first kappa shape index (κ1) is 15.5. The van der Waals surface area contributed by atoms with Crippen LogP contribution >= 0.6 is 0 Å². The zero-order chi connectivity index (χ0) is 15.1. The summed E-state index contributed by atoms with van der Waals surface area (Å²) in [7, 11) is 0. The van der Waals surface area contributed by atoms with E-state index in [2.05, 4.69) is 61.4 Å². The second-order valence-electron chi connectivity index (χ2n) is 5.12. The van der Waals surface area contributed by atoms with Gasteiger partial charge in [-0.25, -0.2) is 0 Å². The molecular weight excluding hydrogens is 260 g/mol. The van der Waals surface area contributed by atoms with Crippen LogP contribution in [0.2, 0.25) is 0 Å². The first-order valence-electron chi connectivity index (χ1n) is 7.66. The molecule has 0 fully saturated rings. The van der Waals surface area contributed by atoms with Gasteiger partial charge in [-0.2, -0.15) is 0 Å². The van der Waals surface area contributed by atoms with E-state index in [1.165, 1.54) is 11.1 Å². The van der Waals surface area contributed by atoms with Crippen LogP contribution in [0.4, 0.5) is 0 Å². The Morgan fingerprint density at radius 1 is 1.19 bits per heavy atom. The summed E-state index contributed by atoms with van der Waals surface area (Å²) in [6.45, 7) is 8.09. The molecule has 3 heteroatoms. The van der Waals surface area contributed by atoms with Crippen molar-refractivity contribution in [3.05, 3.63) is 48.3 Å². The number of nitrogens with zero attached hydrogens (tertiary/aromatic N) is 1. The lowest BCUT2D eigenvalue weighted by Gasteiger charge is -2.17. The van der Waals surface area contributed by atoms with Crippen molar-refractivity contribution in [3.63, 3.8) is 0 Å². The second kappa shape index (κ2) is 7.79. The fourth-order valence-electron chi connectivity index (χ4n) is 2.42. The van der Waals surface area contributed by atoms with E-state index in [-0.39, 0.29) is 0 Å². The Morgan fingerprint density at radius 3 is 2.76 bits per heavy atom. The van der Waals surface area contributed by atoms with E-state index in [0.717, 1.165) is 30.9 Å². The summed E-state index contributed by atoms with van der Waals surface area (Å²) in [6.07, 6.45) is 4.67. The van der Waals surface area contributed by atoms with Gasteiger partial charge in [0.1, 0.15) is 5.75 Å². The van der Waals surface area contributed by atoms with Gasteiger partial charge in [0.05, 0.1) is 12.8 Å². The number of benzene rings is 1. The van der Waals surface area contributed by atoms with Gasteiger partial charge in [-0.1, -0.05) is 38.1 Å². The summed E-state index contributed by atoms with van der Waals surface area (Å²) in [4.78, 5) is 4.31. The Labute approximate surface area is 127 Å². The molecule has 21 heavy (non-hydrogen) atoms. The first-order valence-corrected chi connectivity index (χ1v) is 7.66. The molecule has 1 unspecified atom stereocenters. The van der Waals surface area contributed by atoms with Gasteiger partial charge >= 0.3 is 0 Å². The zero-order valence-electron chi connectivity index (χ0n) is 13.1. The third-order valence-electron chi connectivity index (χ3n) is 3.43. The maximum absolute atomic E-state index is 5.69. The third kappa shape index (κ3) is 4.05. The largest absolute Gasteiger partial charge is 0.492 e. The van der Waals surface area contributed by atoms with Crippen LogP contribution in [0.5, 0.6) is 5.75 Å². The van der Waals surface area contributed by atoms with Gasteiger partial charge in [0, 0.05) is 17.8 Å². The van der Waals surface area contributed by atoms with Crippen molar-refractivity contribution in [2.45, 2.75) is 33.2 Å². The Hall–Kier alpha value is -1.87. The molecular formula is C18H24N2O. The minimum atomic E-state index is 0.311. The molecule has 2 aromatic rings. The predicted molar refractivity (Wildman–Crippen MR) is 87.6 cm³/mol. The SMILES string of the molecule is CCCOc1cncc(-c2ccccc2C(C)NCC)c1. The van der Waals surface area contributed by atoms with Crippen molar-refractivity contribution >= 4 is 0 Å². The number of hydrogen-bond donors (Lipinski definition) is 1. The maximum atomic E-state index is 5.69. The molecule has 1 heterocycles. The lowest BCUT2D eigenvalue weighted by Crippen LogP contribution is -2.18. The van der Waals surface area contributed by atoms with E-state index in [1.54, 1.807) is 6.20 Å². The van der Waals surface area contributed by atoms with E-state index >= 15 is 0 Å². The lowest BCUT2D eigenvalue weighted by molar-refractivity contribution is 0.316. The van der Waals surface area contributed by atoms with Crippen LogP contribution in [0.25, 0.3) is 11.1 Å². The normalized spacial score (nSPS) is 12.1. The van der Waals surface area contributed by atoms with Crippen molar-refractivity contribution in [1.29, 1.82) is 0 Å². The van der Waals surface area contributed by atoms with Gasteiger partial charge in [-0.05, 0) is 37.1 Å². The number of aromatic nitrogens is 1. The van der Waals surface area contributed by atoms with Gasteiger partial charge in [-0.15, -0.1) is 0 Å². The van der Waals surface area contributed by atoms with Gasteiger partial charge in [0.2, 0.25) is 0 Å². The van der Waals surface area contributed by atoms with Crippen molar-refractivity contribution in [1.82, 2.24) is 10.3 Å². The third-order valence-corrected chi connectivity index (χ3v) is 3.43. The second-order valence-corrected chi connectivity index (χ2v) is 5.12. The number of ether oxygens (including phenoxy) is 1. The first-order chi connectivity index (χ1) is 10.3. The van der Waals surface area contributed by atoms with Crippen molar-refractivity contribution in [2.24, 2.45) is 0 Å². The molecule has 112 valence electrons. The molecule has 0 saturated carbocycles. The zero-order valence-corrected chi connectivity index (χ0v) is 13.1. The monoisotopic (exact) mass is 284 g/mol. The van der Waals surface area contributed by atoms with Crippen LogP contribution in [-0.2, 0) is 0 Å². The summed E-state index contributed by atoms with van der Waals surface area (Å²) < 4.78 is 5.69. The van der Waals surface area contributed by atoms with E-state index < -0.39 is 0 Å². The Balaban J connectivity index is 2.33.